The molecule has 0 aliphatic carbocycles. The normalized spacial score (nSPS) is 10.9. The minimum atomic E-state index is -0.557. The molecule has 0 unspecified atom stereocenters. The van der Waals surface area contributed by atoms with E-state index in [0.29, 0.717) is 12.5 Å². The van der Waals surface area contributed by atoms with Gasteiger partial charge >= 0.3 is 0 Å². The maximum atomic E-state index is 10.1. The highest BCUT2D eigenvalue weighted by Gasteiger charge is 1.93. The third-order valence-corrected chi connectivity index (χ3v) is 0.753. The summed E-state index contributed by atoms with van der Waals surface area (Å²) in [6.07, 6.45) is 0. The minimum absolute atomic E-state index is 0.218. The Morgan fingerprint density at radius 2 is 2.27 bits per heavy atom. The Morgan fingerprint density at radius 1 is 1.64 bits per heavy atom. The predicted octanol–water partition coefficient (Wildman–Crippen LogP) is -0.142. The lowest BCUT2D eigenvalue weighted by molar-refractivity contribution is -0.122. The second-order valence-electron chi connectivity index (χ2n) is 1.78. The molecule has 0 aliphatic rings. The van der Waals surface area contributed by atoms with Gasteiger partial charge in [0.15, 0.2) is 6.61 Å². The summed E-state index contributed by atoms with van der Waals surface area (Å²) in [5.41, 5.74) is 4.78. The van der Waals surface area contributed by atoms with Crippen molar-refractivity contribution in [1.82, 2.24) is 0 Å². The molecule has 0 atom stereocenters. The van der Waals surface area contributed by atoms with Gasteiger partial charge in [-0.1, -0.05) is 5.16 Å². The van der Waals surface area contributed by atoms with E-state index in [0.717, 1.165) is 0 Å². The van der Waals surface area contributed by atoms with Crippen molar-refractivity contribution in [2.24, 2.45) is 10.9 Å². The molecule has 11 heavy (non-hydrogen) atoms. The van der Waals surface area contributed by atoms with Gasteiger partial charge in [0.05, 0.1) is 6.61 Å². The molecule has 0 radical (unpaired) electrons. The summed E-state index contributed by atoms with van der Waals surface area (Å²) < 4.78 is 4.90. The fraction of sp³-hybridized carbons (Fsp3) is 0.667. The summed E-state index contributed by atoms with van der Waals surface area (Å²) in [4.78, 5) is 14.6. The molecule has 0 spiro atoms. The summed E-state index contributed by atoms with van der Waals surface area (Å²) in [5, 5.41) is 3.45. The van der Waals surface area contributed by atoms with E-state index in [1.807, 2.05) is 6.92 Å². The molecule has 0 heterocycles. The van der Waals surface area contributed by atoms with Crippen LogP contribution in [0.25, 0.3) is 0 Å². The monoisotopic (exact) mass is 160 g/mol. The molecule has 0 aromatic rings. The van der Waals surface area contributed by atoms with Crippen molar-refractivity contribution in [2.45, 2.75) is 13.8 Å². The third-order valence-electron chi connectivity index (χ3n) is 0.753. The van der Waals surface area contributed by atoms with E-state index in [1.54, 1.807) is 6.92 Å². The first-order chi connectivity index (χ1) is 5.16. The van der Waals surface area contributed by atoms with Crippen LogP contribution in [0.5, 0.6) is 0 Å². The lowest BCUT2D eigenvalue weighted by atomic mass is 10.7. The molecule has 0 rings (SSSR count). The van der Waals surface area contributed by atoms with Gasteiger partial charge in [-0.05, 0) is 6.92 Å². The van der Waals surface area contributed by atoms with Crippen LogP contribution in [0.4, 0.5) is 0 Å². The highest BCUT2D eigenvalue weighted by atomic mass is 16.6. The Hall–Kier alpha value is -1.26. The molecule has 0 saturated heterocycles. The van der Waals surface area contributed by atoms with E-state index in [9.17, 15) is 4.79 Å². The van der Waals surface area contributed by atoms with Crippen LogP contribution >= 0.6 is 0 Å². The highest BCUT2D eigenvalue weighted by molar-refractivity contribution is 5.75. The first kappa shape index (κ1) is 9.74. The number of amides is 1. The van der Waals surface area contributed by atoms with Crippen LogP contribution in [0.3, 0.4) is 0 Å². The van der Waals surface area contributed by atoms with Crippen molar-refractivity contribution in [2.75, 3.05) is 13.2 Å². The molecule has 2 N–H and O–H groups in total. The lowest BCUT2D eigenvalue weighted by Gasteiger charge is -1.99. The number of carbonyl (C=O) groups is 1. The van der Waals surface area contributed by atoms with Gasteiger partial charge in [0.1, 0.15) is 0 Å². The van der Waals surface area contributed by atoms with Crippen LogP contribution in [0.2, 0.25) is 0 Å². The van der Waals surface area contributed by atoms with E-state index in [4.69, 9.17) is 10.5 Å². The van der Waals surface area contributed by atoms with E-state index in [1.165, 1.54) is 0 Å². The number of oxime groups is 1. The summed E-state index contributed by atoms with van der Waals surface area (Å²) >= 11 is 0. The number of primary amides is 1. The number of nitrogens with two attached hydrogens (primary N) is 1. The molecule has 5 nitrogen and oxygen atoms in total. The predicted molar refractivity (Wildman–Crippen MR) is 39.9 cm³/mol. The molecule has 0 bridgehead atoms. The smallest absolute Gasteiger partial charge is 0.258 e. The van der Waals surface area contributed by atoms with Crippen LogP contribution in [-0.2, 0) is 14.4 Å². The van der Waals surface area contributed by atoms with Crippen molar-refractivity contribution in [3.05, 3.63) is 0 Å². The van der Waals surface area contributed by atoms with E-state index in [2.05, 4.69) is 9.99 Å². The summed E-state index contributed by atoms with van der Waals surface area (Å²) in [6, 6.07) is 0. The second kappa shape index (κ2) is 5.52. The molecular weight excluding hydrogens is 148 g/mol. The zero-order valence-electron chi connectivity index (χ0n) is 6.66. The van der Waals surface area contributed by atoms with Gasteiger partial charge in [0.25, 0.3) is 5.91 Å². The lowest BCUT2D eigenvalue weighted by Crippen LogP contribution is -2.17. The van der Waals surface area contributed by atoms with Crippen molar-refractivity contribution in [3.8, 4) is 0 Å². The molecule has 5 heteroatoms. The van der Waals surface area contributed by atoms with Gasteiger partial charge in [-0.15, -0.1) is 0 Å². The van der Waals surface area contributed by atoms with Crippen molar-refractivity contribution in [3.63, 3.8) is 0 Å². The number of carbonyl (C=O) groups excluding carboxylic acids is 1. The van der Waals surface area contributed by atoms with Crippen molar-refractivity contribution < 1.29 is 14.4 Å². The Balaban J connectivity index is 3.47. The minimum Gasteiger partial charge on any atom is -0.479 e. The Labute approximate surface area is 65.1 Å². The molecule has 0 fully saturated rings. The van der Waals surface area contributed by atoms with Gasteiger partial charge in [-0.3, -0.25) is 4.79 Å². The van der Waals surface area contributed by atoms with Crippen molar-refractivity contribution >= 4 is 11.8 Å². The number of ether oxygens (including phenoxy) is 1. The zero-order valence-corrected chi connectivity index (χ0v) is 6.66. The average Bonchev–Trinajstić information content (AvgIpc) is 1.87. The van der Waals surface area contributed by atoms with Gasteiger partial charge in [0.2, 0.25) is 5.90 Å². The van der Waals surface area contributed by atoms with Crippen LogP contribution in [0.15, 0.2) is 5.16 Å². The Kier molecular flexibility index (Phi) is 4.89. The standard InChI is InChI=1S/C6H12N2O3/c1-3-10-5(2)8-11-4-6(7)9/h3-4H2,1-2H3,(H2,7,9)/b8-5-. The number of hydrogen-bond donors (Lipinski definition) is 1. The van der Waals surface area contributed by atoms with Crippen LogP contribution in [0.1, 0.15) is 13.8 Å². The summed E-state index contributed by atoms with van der Waals surface area (Å²) in [7, 11) is 0. The zero-order chi connectivity index (χ0) is 8.69. The number of hydrogen-bond acceptors (Lipinski definition) is 4. The molecule has 1 amide bonds. The topological polar surface area (TPSA) is 73.9 Å². The van der Waals surface area contributed by atoms with Crippen LogP contribution in [-0.4, -0.2) is 25.0 Å². The first-order valence-corrected chi connectivity index (χ1v) is 3.24. The Bertz CT molecular complexity index is 156. The molecule has 0 aromatic carbocycles. The van der Waals surface area contributed by atoms with E-state index < -0.39 is 5.91 Å². The number of rotatable bonds is 4. The van der Waals surface area contributed by atoms with Gasteiger partial charge < -0.3 is 15.3 Å². The van der Waals surface area contributed by atoms with Gasteiger partial charge in [0, 0.05) is 6.92 Å². The molecule has 0 aliphatic heterocycles. The fourth-order valence-electron chi connectivity index (χ4n) is 0.422. The third kappa shape index (κ3) is 6.63. The molecule has 64 valence electrons. The largest absolute Gasteiger partial charge is 0.479 e. The fourth-order valence-corrected chi connectivity index (χ4v) is 0.422. The highest BCUT2D eigenvalue weighted by Crippen LogP contribution is 1.82. The van der Waals surface area contributed by atoms with Gasteiger partial charge in [-0.2, -0.15) is 0 Å². The van der Waals surface area contributed by atoms with E-state index in [-0.39, 0.29) is 6.61 Å². The van der Waals surface area contributed by atoms with Crippen molar-refractivity contribution in [1.29, 1.82) is 0 Å². The number of nitrogens with zero attached hydrogens (tertiary/aromatic N) is 1. The van der Waals surface area contributed by atoms with Gasteiger partial charge in [-0.25, -0.2) is 0 Å². The maximum Gasteiger partial charge on any atom is 0.258 e. The summed E-state index contributed by atoms with van der Waals surface area (Å²) in [6.45, 7) is 3.76. The first-order valence-electron chi connectivity index (χ1n) is 3.24. The Morgan fingerprint density at radius 3 is 2.73 bits per heavy atom. The quantitative estimate of drug-likeness (QED) is 0.353. The second-order valence-corrected chi connectivity index (χ2v) is 1.78. The molecular formula is C6H12N2O3. The summed E-state index contributed by atoms with van der Waals surface area (Å²) in [5.74, 6) is -0.174. The average molecular weight is 160 g/mol. The molecule has 0 aromatic heterocycles. The molecule has 0 saturated carbocycles. The maximum absolute atomic E-state index is 10.1. The van der Waals surface area contributed by atoms with Crippen LogP contribution < -0.4 is 5.73 Å². The SMILES string of the molecule is CCO/C(C)=N\OCC(N)=O. The van der Waals surface area contributed by atoms with E-state index >= 15 is 0 Å². The van der Waals surface area contributed by atoms with Crippen LogP contribution in [0, 0.1) is 0 Å².